The highest BCUT2D eigenvalue weighted by Gasteiger charge is 2.21. The number of aliphatic carboxylic acids is 1. The zero-order chi connectivity index (χ0) is 8.97. The van der Waals surface area contributed by atoms with Crippen LogP contribution in [0, 0.1) is 5.92 Å². The average Bonchev–Trinajstić information content (AvgIpc) is 2.06. The van der Waals surface area contributed by atoms with Crippen molar-refractivity contribution in [2.24, 2.45) is 5.92 Å². The van der Waals surface area contributed by atoms with Crippen LogP contribution in [-0.4, -0.2) is 35.5 Å². The lowest BCUT2D eigenvalue weighted by Crippen LogP contribution is -2.27. The minimum absolute atomic E-state index is 0.213. The average molecular weight is 174 g/mol. The van der Waals surface area contributed by atoms with Crippen LogP contribution in [-0.2, 0) is 9.53 Å². The molecule has 0 spiro atoms. The van der Waals surface area contributed by atoms with Crippen molar-refractivity contribution < 1.29 is 19.7 Å². The summed E-state index contributed by atoms with van der Waals surface area (Å²) in [6.07, 6.45) is 1.02. The molecular formula is C8H14O4. The Morgan fingerprint density at radius 3 is 2.92 bits per heavy atom. The Kier molecular flexibility index (Phi) is 3.49. The van der Waals surface area contributed by atoms with Crippen LogP contribution in [0.15, 0.2) is 0 Å². The van der Waals surface area contributed by atoms with Crippen molar-refractivity contribution in [3.8, 4) is 0 Å². The van der Waals surface area contributed by atoms with Crippen LogP contribution < -0.4 is 0 Å². The van der Waals surface area contributed by atoms with Crippen LogP contribution in [0.3, 0.4) is 0 Å². The van der Waals surface area contributed by atoms with Gasteiger partial charge in [0.15, 0.2) is 6.10 Å². The zero-order valence-electron chi connectivity index (χ0n) is 6.90. The second-order valence-electron chi connectivity index (χ2n) is 3.17. The van der Waals surface area contributed by atoms with Crippen molar-refractivity contribution in [1.82, 2.24) is 0 Å². The molecule has 0 aliphatic carbocycles. The molecule has 0 saturated carbocycles. The predicted molar refractivity (Wildman–Crippen MR) is 41.8 cm³/mol. The van der Waals surface area contributed by atoms with Gasteiger partial charge in [0.2, 0.25) is 0 Å². The summed E-state index contributed by atoms with van der Waals surface area (Å²) < 4.78 is 5.16. The predicted octanol–water partition coefficient (Wildman–Crippen LogP) is 0.249. The van der Waals surface area contributed by atoms with Gasteiger partial charge in [-0.15, -0.1) is 0 Å². The largest absolute Gasteiger partial charge is 0.479 e. The molecule has 2 atom stereocenters. The highest BCUT2D eigenvalue weighted by molar-refractivity contribution is 5.71. The summed E-state index contributed by atoms with van der Waals surface area (Å²) in [7, 11) is 0. The fraction of sp³-hybridized carbons (Fsp3) is 0.875. The maximum atomic E-state index is 10.3. The molecule has 1 aliphatic heterocycles. The molecule has 0 radical (unpaired) electrons. The fourth-order valence-electron chi connectivity index (χ4n) is 1.41. The molecule has 4 heteroatoms. The molecule has 0 amide bonds. The Bertz CT molecular complexity index is 151. The fourth-order valence-corrected chi connectivity index (χ4v) is 1.41. The van der Waals surface area contributed by atoms with E-state index in [2.05, 4.69) is 0 Å². The minimum Gasteiger partial charge on any atom is -0.479 e. The molecule has 0 aromatic carbocycles. The molecule has 0 aromatic rings. The summed E-state index contributed by atoms with van der Waals surface area (Å²) >= 11 is 0. The van der Waals surface area contributed by atoms with Crippen LogP contribution in [0.2, 0.25) is 0 Å². The zero-order valence-corrected chi connectivity index (χ0v) is 6.90. The quantitative estimate of drug-likeness (QED) is 0.643. The number of hydrogen-bond donors (Lipinski definition) is 2. The number of carboxylic acid groups (broad SMARTS) is 1. The topological polar surface area (TPSA) is 66.8 Å². The van der Waals surface area contributed by atoms with Crippen molar-refractivity contribution in [3.63, 3.8) is 0 Å². The van der Waals surface area contributed by atoms with Gasteiger partial charge in [0.25, 0.3) is 0 Å². The molecule has 1 aliphatic rings. The van der Waals surface area contributed by atoms with Crippen LogP contribution in [0.4, 0.5) is 0 Å². The van der Waals surface area contributed by atoms with Crippen LogP contribution in [0.1, 0.15) is 19.3 Å². The normalized spacial score (nSPS) is 26.6. The number of hydrogen-bond acceptors (Lipinski definition) is 3. The van der Waals surface area contributed by atoms with Crippen molar-refractivity contribution in [2.75, 3.05) is 13.2 Å². The van der Waals surface area contributed by atoms with Crippen molar-refractivity contribution in [3.05, 3.63) is 0 Å². The first-order valence-electron chi connectivity index (χ1n) is 4.18. The summed E-state index contributed by atoms with van der Waals surface area (Å²) in [6, 6.07) is 0. The van der Waals surface area contributed by atoms with Gasteiger partial charge in [0.1, 0.15) is 0 Å². The number of aliphatic hydroxyl groups is 1. The lowest BCUT2D eigenvalue weighted by molar-refractivity contribution is -0.148. The minimum atomic E-state index is -1.23. The molecular weight excluding hydrogens is 160 g/mol. The van der Waals surface area contributed by atoms with E-state index < -0.39 is 12.1 Å². The third-order valence-electron chi connectivity index (χ3n) is 2.10. The molecule has 2 unspecified atom stereocenters. The van der Waals surface area contributed by atoms with Crippen LogP contribution in [0.25, 0.3) is 0 Å². The van der Waals surface area contributed by atoms with E-state index in [4.69, 9.17) is 14.9 Å². The number of carbonyl (C=O) groups is 1. The standard InChI is InChI=1S/C8H14O4/c9-7(8(10)11)4-6-2-1-3-12-5-6/h6-7,9H,1-5H2,(H,10,11). The van der Waals surface area contributed by atoms with E-state index >= 15 is 0 Å². The second-order valence-corrected chi connectivity index (χ2v) is 3.17. The molecule has 2 N–H and O–H groups in total. The number of aliphatic hydroxyl groups excluding tert-OH is 1. The molecule has 0 bridgehead atoms. The van der Waals surface area contributed by atoms with E-state index in [1.807, 2.05) is 0 Å². The van der Waals surface area contributed by atoms with Gasteiger partial charge in [0, 0.05) is 13.2 Å². The summed E-state index contributed by atoms with van der Waals surface area (Å²) in [5.41, 5.74) is 0. The van der Waals surface area contributed by atoms with Crippen LogP contribution in [0.5, 0.6) is 0 Å². The molecule has 0 aromatic heterocycles. The Morgan fingerprint density at radius 2 is 2.42 bits per heavy atom. The smallest absolute Gasteiger partial charge is 0.332 e. The molecule has 1 heterocycles. The third kappa shape index (κ3) is 2.79. The van der Waals surface area contributed by atoms with Gasteiger partial charge in [-0.25, -0.2) is 4.79 Å². The van der Waals surface area contributed by atoms with E-state index in [0.29, 0.717) is 13.0 Å². The van der Waals surface area contributed by atoms with Gasteiger partial charge in [-0.3, -0.25) is 0 Å². The van der Waals surface area contributed by atoms with E-state index in [1.165, 1.54) is 0 Å². The Morgan fingerprint density at radius 1 is 1.67 bits per heavy atom. The van der Waals surface area contributed by atoms with Crippen molar-refractivity contribution in [2.45, 2.75) is 25.4 Å². The maximum absolute atomic E-state index is 10.3. The third-order valence-corrected chi connectivity index (χ3v) is 2.10. The molecule has 12 heavy (non-hydrogen) atoms. The highest BCUT2D eigenvalue weighted by atomic mass is 16.5. The number of ether oxygens (including phenoxy) is 1. The van der Waals surface area contributed by atoms with Crippen molar-refractivity contribution in [1.29, 1.82) is 0 Å². The lowest BCUT2D eigenvalue weighted by Gasteiger charge is -2.22. The summed E-state index contributed by atoms with van der Waals surface area (Å²) in [4.78, 5) is 10.3. The van der Waals surface area contributed by atoms with E-state index in [1.54, 1.807) is 0 Å². The first kappa shape index (κ1) is 9.48. The molecule has 1 saturated heterocycles. The molecule has 70 valence electrons. The van der Waals surface area contributed by atoms with E-state index in [-0.39, 0.29) is 5.92 Å². The molecule has 4 nitrogen and oxygen atoms in total. The summed E-state index contributed by atoms with van der Waals surface area (Å²) in [6.45, 7) is 1.35. The van der Waals surface area contributed by atoms with Crippen molar-refractivity contribution >= 4 is 5.97 Å². The molecule has 1 fully saturated rings. The molecule has 1 rings (SSSR count). The number of carboxylic acids is 1. The van der Waals surface area contributed by atoms with Gasteiger partial charge in [-0.1, -0.05) is 0 Å². The van der Waals surface area contributed by atoms with Crippen LogP contribution >= 0.6 is 0 Å². The van der Waals surface area contributed by atoms with Gasteiger partial charge >= 0.3 is 5.97 Å². The van der Waals surface area contributed by atoms with E-state index in [0.717, 1.165) is 19.4 Å². The SMILES string of the molecule is O=C(O)C(O)CC1CCCOC1. The lowest BCUT2D eigenvalue weighted by atomic mass is 9.96. The highest BCUT2D eigenvalue weighted by Crippen LogP contribution is 2.18. The maximum Gasteiger partial charge on any atom is 0.332 e. The first-order valence-corrected chi connectivity index (χ1v) is 4.18. The Labute approximate surface area is 71.2 Å². The summed E-state index contributed by atoms with van der Waals surface area (Å²) in [5.74, 6) is -0.926. The monoisotopic (exact) mass is 174 g/mol. The Hall–Kier alpha value is -0.610. The summed E-state index contributed by atoms with van der Waals surface area (Å²) in [5, 5.41) is 17.4. The van der Waals surface area contributed by atoms with Gasteiger partial charge in [0.05, 0.1) is 0 Å². The van der Waals surface area contributed by atoms with Gasteiger partial charge < -0.3 is 14.9 Å². The Balaban J connectivity index is 2.24. The van der Waals surface area contributed by atoms with Gasteiger partial charge in [-0.2, -0.15) is 0 Å². The van der Waals surface area contributed by atoms with E-state index in [9.17, 15) is 4.79 Å². The second kappa shape index (κ2) is 4.42. The first-order chi connectivity index (χ1) is 5.70. The van der Waals surface area contributed by atoms with Gasteiger partial charge in [-0.05, 0) is 25.2 Å². The number of rotatable bonds is 3.